The fourth-order valence-corrected chi connectivity index (χ4v) is 3.78. The first-order valence-corrected chi connectivity index (χ1v) is 9.75. The zero-order valence-electron chi connectivity index (χ0n) is 15.4. The van der Waals surface area contributed by atoms with E-state index in [2.05, 4.69) is 29.2 Å². The fraction of sp³-hybridized carbons (Fsp3) is 0.524. The molecule has 0 unspecified atom stereocenters. The molecule has 0 bridgehead atoms. The van der Waals surface area contributed by atoms with Crippen LogP contribution in [0.4, 0.5) is 5.69 Å². The van der Waals surface area contributed by atoms with Gasteiger partial charge in [-0.25, -0.2) is 0 Å². The summed E-state index contributed by atoms with van der Waals surface area (Å²) < 4.78 is 0. The number of hydrogen-bond donors (Lipinski definition) is 1. The van der Waals surface area contributed by atoms with Gasteiger partial charge in [0.2, 0.25) is 11.8 Å². The molecule has 0 radical (unpaired) electrons. The Kier molecular flexibility index (Phi) is 6.31. The molecule has 140 valence electrons. The van der Waals surface area contributed by atoms with Gasteiger partial charge >= 0.3 is 0 Å². The number of hydrogen-bond acceptors (Lipinski definition) is 3. The molecule has 0 aliphatic carbocycles. The Morgan fingerprint density at radius 1 is 0.923 bits per heavy atom. The quantitative estimate of drug-likeness (QED) is 0.845. The fourth-order valence-electron chi connectivity index (χ4n) is 3.78. The Morgan fingerprint density at radius 2 is 1.54 bits per heavy atom. The summed E-state index contributed by atoms with van der Waals surface area (Å²) in [5, 5.41) is 0. The van der Waals surface area contributed by atoms with Crippen LogP contribution in [0.1, 0.15) is 44.1 Å². The van der Waals surface area contributed by atoms with Crippen LogP contribution in [0.5, 0.6) is 0 Å². The Labute approximate surface area is 155 Å². The molecule has 26 heavy (non-hydrogen) atoms. The third-order valence-electron chi connectivity index (χ3n) is 5.49. The van der Waals surface area contributed by atoms with Crippen LogP contribution >= 0.6 is 0 Å². The summed E-state index contributed by atoms with van der Waals surface area (Å²) in [6.07, 6.45) is 10.0. The molecule has 2 amide bonds. The lowest BCUT2D eigenvalue weighted by molar-refractivity contribution is -0.130. The zero-order chi connectivity index (χ0) is 18.4. The van der Waals surface area contributed by atoms with Crippen molar-refractivity contribution >= 4 is 23.6 Å². The molecule has 5 nitrogen and oxygen atoms in total. The van der Waals surface area contributed by atoms with Gasteiger partial charge < -0.3 is 15.5 Å². The van der Waals surface area contributed by atoms with Crippen molar-refractivity contribution in [1.29, 1.82) is 0 Å². The monoisotopic (exact) mass is 355 g/mol. The highest BCUT2D eigenvalue weighted by Gasteiger charge is 2.24. The lowest BCUT2D eigenvalue weighted by atomic mass is 9.96. The first-order valence-electron chi connectivity index (χ1n) is 9.75. The molecule has 1 aromatic carbocycles. The molecule has 2 fully saturated rings. The molecule has 2 N–H and O–H groups in total. The Morgan fingerprint density at radius 3 is 2.12 bits per heavy atom. The van der Waals surface area contributed by atoms with E-state index in [0.717, 1.165) is 18.7 Å². The molecule has 0 saturated carbocycles. The van der Waals surface area contributed by atoms with Crippen LogP contribution in [-0.4, -0.2) is 42.9 Å². The molecule has 2 aliphatic heterocycles. The van der Waals surface area contributed by atoms with E-state index in [-0.39, 0.29) is 17.7 Å². The maximum absolute atomic E-state index is 12.3. The smallest absolute Gasteiger partial charge is 0.246 e. The number of carbonyl (C=O) groups excluding carboxylic acids is 2. The summed E-state index contributed by atoms with van der Waals surface area (Å²) in [6, 6.07) is 8.44. The predicted octanol–water partition coefficient (Wildman–Crippen LogP) is 2.80. The van der Waals surface area contributed by atoms with Gasteiger partial charge in [-0.1, -0.05) is 25.0 Å². The van der Waals surface area contributed by atoms with E-state index in [1.54, 1.807) is 11.0 Å². The average Bonchev–Trinajstić information content (AvgIpc) is 2.96. The van der Waals surface area contributed by atoms with E-state index in [4.69, 9.17) is 5.73 Å². The highest BCUT2D eigenvalue weighted by molar-refractivity contribution is 5.92. The Hall–Kier alpha value is -2.30. The summed E-state index contributed by atoms with van der Waals surface area (Å²) >= 11 is 0. The Bertz CT molecular complexity index is 638. The summed E-state index contributed by atoms with van der Waals surface area (Å²) in [5.74, 6) is -0.337. The van der Waals surface area contributed by atoms with E-state index >= 15 is 0 Å². The van der Waals surface area contributed by atoms with Crippen molar-refractivity contribution in [3.8, 4) is 0 Å². The lowest BCUT2D eigenvalue weighted by Crippen LogP contribution is -2.41. The summed E-state index contributed by atoms with van der Waals surface area (Å²) in [6.45, 7) is 3.47. The van der Waals surface area contributed by atoms with Crippen LogP contribution in [0.25, 0.3) is 6.08 Å². The predicted molar refractivity (Wildman–Crippen MR) is 105 cm³/mol. The number of rotatable bonds is 4. The maximum Gasteiger partial charge on any atom is 0.246 e. The minimum absolute atomic E-state index is 0.00418. The van der Waals surface area contributed by atoms with Gasteiger partial charge in [-0.3, -0.25) is 9.59 Å². The van der Waals surface area contributed by atoms with Gasteiger partial charge in [0.1, 0.15) is 0 Å². The number of benzene rings is 1. The molecule has 2 aliphatic rings. The largest absolute Gasteiger partial charge is 0.372 e. The number of anilines is 1. The van der Waals surface area contributed by atoms with Crippen LogP contribution in [0.15, 0.2) is 30.3 Å². The van der Waals surface area contributed by atoms with Crippen LogP contribution < -0.4 is 10.6 Å². The minimum Gasteiger partial charge on any atom is -0.372 e. The van der Waals surface area contributed by atoms with Gasteiger partial charge in [-0.05, 0) is 49.5 Å². The third kappa shape index (κ3) is 4.87. The SMILES string of the molecule is NC(=O)C1CCN(C(=O)/C=C/c2ccc(N3CCCCCC3)cc2)CC1. The van der Waals surface area contributed by atoms with E-state index in [9.17, 15) is 9.59 Å². The van der Waals surface area contributed by atoms with Crippen molar-refractivity contribution in [2.45, 2.75) is 38.5 Å². The highest BCUT2D eigenvalue weighted by atomic mass is 16.2. The first kappa shape index (κ1) is 18.5. The van der Waals surface area contributed by atoms with Crippen LogP contribution in [0.3, 0.4) is 0 Å². The number of piperidine rings is 1. The standard InChI is InChI=1S/C21H29N3O2/c22-21(26)18-11-15-24(16-12-18)20(25)10-7-17-5-8-19(9-6-17)23-13-3-1-2-4-14-23/h5-10,18H,1-4,11-16H2,(H2,22,26)/b10-7+. The maximum atomic E-state index is 12.3. The molecule has 1 aromatic rings. The number of amides is 2. The Balaban J connectivity index is 1.53. The second kappa shape index (κ2) is 8.88. The molecular weight excluding hydrogens is 326 g/mol. The zero-order valence-corrected chi connectivity index (χ0v) is 15.4. The molecule has 0 atom stereocenters. The first-order chi connectivity index (χ1) is 12.6. The van der Waals surface area contributed by atoms with Gasteiger partial charge in [-0.2, -0.15) is 0 Å². The van der Waals surface area contributed by atoms with Crippen molar-refractivity contribution in [1.82, 2.24) is 4.90 Å². The molecule has 0 aromatic heterocycles. The summed E-state index contributed by atoms with van der Waals surface area (Å²) in [4.78, 5) is 27.8. The number of likely N-dealkylation sites (tertiary alicyclic amines) is 1. The molecule has 2 saturated heterocycles. The molecule has 0 spiro atoms. The molecule has 2 heterocycles. The summed E-state index contributed by atoms with van der Waals surface area (Å²) in [7, 11) is 0. The van der Waals surface area contributed by atoms with Crippen molar-refractivity contribution in [2.75, 3.05) is 31.1 Å². The second-order valence-electron chi connectivity index (χ2n) is 7.33. The van der Waals surface area contributed by atoms with Crippen LogP contribution in [-0.2, 0) is 9.59 Å². The number of nitrogens with two attached hydrogens (primary N) is 1. The second-order valence-corrected chi connectivity index (χ2v) is 7.33. The van der Waals surface area contributed by atoms with Gasteiger partial charge in [0.05, 0.1) is 0 Å². The van der Waals surface area contributed by atoms with E-state index < -0.39 is 0 Å². The van der Waals surface area contributed by atoms with Gasteiger partial charge in [0, 0.05) is 43.9 Å². The van der Waals surface area contributed by atoms with Gasteiger partial charge in [0.25, 0.3) is 0 Å². The highest BCUT2D eigenvalue weighted by Crippen LogP contribution is 2.21. The van der Waals surface area contributed by atoms with E-state index in [1.807, 2.05) is 6.08 Å². The van der Waals surface area contributed by atoms with Crippen molar-refractivity contribution in [2.24, 2.45) is 11.7 Å². The lowest BCUT2D eigenvalue weighted by Gasteiger charge is -2.29. The normalized spacial score (nSPS) is 19.5. The van der Waals surface area contributed by atoms with Crippen LogP contribution in [0.2, 0.25) is 0 Å². The minimum atomic E-state index is -0.253. The number of nitrogens with zero attached hydrogens (tertiary/aromatic N) is 2. The molecule has 5 heteroatoms. The van der Waals surface area contributed by atoms with E-state index in [0.29, 0.717) is 25.9 Å². The number of carbonyl (C=O) groups is 2. The average molecular weight is 355 g/mol. The van der Waals surface area contributed by atoms with E-state index in [1.165, 1.54) is 31.4 Å². The van der Waals surface area contributed by atoms with Crippen molar-refractivity contribution < 1.29 is 9.59 Å². The summed E-state index contributed by atoms with van der Waals surface area (Å²) in [5.41, 5.74) is 7.64. The molecule has 3 rings (SSSR count). The third-order valence-corrected chi connectivity index (χ3v) is 5.49. The van der Waals surface area contributed by atoms with Crippen molar-refractivity contribution in [3.63, 3.8) is 0 Å². The van der Waals surface area contributed by atoms with Gasteiger partial charge in [0.15, 0.2) is 0 Å². The molecular formula is C21H29N3O2. The van der Waals surface area contributed by atoms with Gasteiger partial charge in [-0.15, -0.1) is 0 Å². The number of primary amides is 1. The van der Waals surface area contributed by atoms with Crippen LogP contribution in [0, 0.1) is 5.92 Å². The topological polar surface area (TPSA) is 66.6 Å². The van der Waals surface area contributed by atoms with Crippen molar-refractivity contribution in [3.05, 3.63) is 35.9 Å².